The van der Waals surface area contributed by atoms with Crippen LogP contribution < -0.4 is 17.2 Å². The number of nitrogen functional groups attached to an aromatic ring is 1. The SMILES string of the molecule is Cc1ccc(COC2CCCC2)cc1C.NCc1cccc(-c2cnc(N)c(C(N)=O)c2)c1. The Morgan fingerprint density at radius 2 is 1.76 bits per heavy atom. The molecule has 0 saturated heterocycles. The second-order valence-electron chi connectivity index (χ2n) is 8.56. The Kier molecular flexibility index (Phi) is 8.58. The van der Waals surface area contributed by atoms with Crippen LogP contribution in [-0.2, 0) is 17.9 Å². The maximum atomic E-state index is 11.2. The van der Waals surface area contributed by atoms with E-state index in [1.807, 2.05) is 24.3 Å². The van der Waals surface area contributed by atoms with Crippen LogP contribution in [0.25, 0.3) is 11.1 Å². The van der Waals surface area contributed by atoms with Crippen LogP contribution >= 0.6 is 0 Å². The summed E-state index contributed by atoms with van der Waals surface area (Å²) in [6.45, 7) is 5.55. The molecule has 1 fully saturated rings. The summed E-state index contributed by atoms with van der Waals surface area (Å²) in [5.74, 6) is -0.446. The second-order valence-corrected chi connectivity index (χ2v) is 8.56. The third-order valence-electron chi connectivity index (χ3n) is 6.04. The number of carbonyl (C=O) groups is 1. The fourth-order valence-corrected chi connectivity index (χ4v) is 3.87. The molecule has 4 rings (SSSR count). The van der Waals surface area contributed by atoms with Gasteiger partial charge in [0.15, 0.2) is 0 Å². The molecule has 0 radical (unpaired) electrons. The molecule has 174 valence electrons. The number of primary amides is 1. The number of aromatic nitrogens is 1. The van der Waals surface area contributed by atoms with Crippen molar-refractivity contribution < 1.29 is 9.53 Å². The van der Waals surface area contributed by atoms with Gasteiger partial charge in [0.1, 0.15) is 5.82 Å². The number of benzene rings is 2. The Hall–Kier alpha value is -3.22. The Morgan fingerprint density at radius 3 is 2.42 bits per heavy atom. The highest BCUT2D eigenvalue weighted by atomic mass is 16.5. The zero-order valence-corrected chi connectivity index (χ0v) is 19.5. The highest BCUT2D eigenvalue weighted by molar-refractivity contribution is 5.98. The van der Waals surface area contributed by atoms with Crippen LogP contribution in [0.15, 0.2) is 54.7 Å². The summed E-state index contributed by atoms with van der Waals surface area (Å²) >= 11 is 0. The summed E-state index contributed by atoms with van der Waals surface area (Å²) in [7, 11) is 0. The van der Waals surface area contributed by atoms with Gasteiger partial charge in [0, 0.05) is 18.3 Å². The van der Waals surface area contributed by atoms with Gasteiger partial charge in [0.2, 0.25) is 0 Å². The van der Waals surface area contributed by atoms with Gasteiger partial charge in [0.05, 0.1) is 18.3 Å². The molecule has 1 amide bonds. The highest BCUT2D eigenvalue weighted by Gasteiger charge is 2.15. The van der Waals surface area contributed by atoms with Gasteiger partial charge in [-0.2, -0.15) is 0 Å². The van der Waals surface area contributed by atoms with Gasteiger partial charge in [-0.15, -0.1) is 0 Å². The summed E-state index contributed by atoms with van der Waals surface area (Å²) in [4.78, 5) is 15.2. The number of hydrogen-bond acceptors (Lipinski definition) is 5. The molecular formula is C27H34N4O2. The van der Waals surface area contributed by atoms with Crippen molar-refractivity contribution >= 4 is 11.7 Å². The fourth-order valence-electron chi connectivity index (χ4n) is 3.87. The molecule has 0 unspecified atom stereocenters. The minimum Gasteiger partial charge on any atom is -0.383 e. The first-order chi connectivity index (χ1) is 15.9. The maximum absolute atomic E-state index is 11.2. The summed E-state index contributed by atoms with van der Waals surface area (Å²) in [5.41, 5.74) is 23.4. The first-order valence-electron chi connectivity index (χ1n) is 11.4. The van der Waals surface area contributed by atoms with E-state index in [0.717, 1.165) is 23.3 Å². The predicted octanol–water partition coefficient (Wildman–Crippen LogP) is 4.65. The zero-order valence-electron chi connectivity index (χ0n) is 19.5. The van der Waals surface area contributed by atoms with Crippen LogP contribution in [0, 0.1) is 13.8 Å². The van der Waals surface area contributed by atoms with Crippen LogP contribution in [-0.4, -0.2) is 17.0 Å². The minimum atomic E-state index is -0.586. The molecule has 1 aromatic heterocycles. The van der Waals surface area contributed by atoms with Crippen molar-refractivity contribution in [1.29, 1.82) is 0 Å². The van der Waals surface area contributed by atoms with E-state index < -0.39 is 5.91 Å². The lowest BCUT2D eigenvalue weighted by Crippen LogP contribution is -2.14. The van der Waals surface area contributed by atoms with Crippen LogP contribution in [0.1, 0.15) is 58.3 Å². The van der Waals surface area contributed by atoms with Crippen molar-refractivity contribution in [3.05, 3.63) is 82.5 Å². The van der Waals surface area contributed by atoms with Gasteiger partial charge >= 0.3 is 0 Å². The molecule has 0 bridgehead atoms. The number of ether oxygens (including phenoxy) is 1. The van der Waals surface area contributed by atoms with Crippen LogP contribution in [0.4, 0.5) is 5.82 Å². The van der Waals surface area contributed by atoms with Crippen molar-refractivity contribution in [2.75, 3.05) is 5.73 Å². The fraction of sp³-hybridized carbons (Fsp3) is 0.333. The first-order valence-corrected chi connectivity index (χ1v) is 11.4. The quantitative estimate of drug-likeness (QED) is 0.509. The molecule has 2 aromatic carbocycles. The summed E-state index contributed by atoms with van der Waals surface area (Å²) in [6, 6.07) is 15.9. The topological polar surface area (TPSA) is 117 Å². The van der Waals surface area contributed by atoms with Crippen molar-refractivity contribution in [3.8, 4) is 11.1 Å². The zero-order chi connectivity index (χ0) is 23.8. The van der Waals surface area contributed by atoms with E-state index in [1.165, 1.54) is 42.4 Å². The molecule has 6 nitrogen and oxygen atoms in total. The number of carbonyl (C=O) groups excluding carboxylic acids is 1. The summed E-state index contributed by atoms with van der Waals surface area (Å²) in [5, 5.41) is 0. The van der Waals surface area contributed by atoms with Crippen LogP contribution in [0.3, 0.4) is 0 Å². The smallest absolute Gasteiger partial charge is 0.252 e. The second kappa shape index (κ2) is 11.6. The Labute approximate surface area is 196 Å². The van der Waals surface area contributed by atoms with Crippen molar-refractivity contribution in [2.24, 2.45) is 11.5 Å². The van der Waals surface area contributed by atoms with E-state index in [1.54, 1.807) is 12.3 Å². The van der Waals surface area contributed by atoms with Crippen molar-refractivity contribution in [2.45, 2.75) is 58.8 Å². The third kappa shape index (κ3) is 6.88. The predicted molar refractivity (Wildman–Crippen MR) is 133 cm³/mol. The number of nitrogens with two attached hydrogens (primary N) is 3. The van der Waals surface area contributed by atoms with Gasteiger partial charge in [-0.1, -0.05) is 49.2 Å². The van der Waals surface area contributed by atoms with E-state index in [0.29, 0.717) is 12.6 Å². The van der Waals surface area contributed by atoms with Crippen molar-refractivity contribution in [1.82, 2.24) is 4.98 Å². The molecule has 1 aliphatic carbocycles. The van der Waals surface area contributed by atoms with Gasteiger partial charge < -0.3 is 21.9 Å². The highest BCUT2D eigenvalue weighted by Crippen LogP contribution is 2.23. The van der Waals surface area contributed by atoms with E-state index in [2.05, 4.69) is 37.0 Å². The summed E-state index contributed by atoms with van der Waals surface area (Å²) in [6.07, 6.45) is 7.33. The molecule has 0 aliphatic heterocycles. The number of aryl methyl sites for hydroxylation is 2. The largest absolute Gasteiger partial charge is 0.383 e. The van der Waals surface area contributed by atoms with Gasteiger partial charge in [-0.25, -0.2) is 4.98 Å². The lowest BCUT2D eigenvalue weighted by atomic mass is 10.0. The third-order valence-corrected chi connectivity index (χ3v) is 6.04. The standard InChI is InChI=1S/C14H20O.C13H14N4O/c1-11-7-8-13(9-12(11)2)10-15-14-5-3-4-6-14;14-6-8-2-1-3-9(4-8)10-5-11(13(16)18)12(15)17-7-10/h7-9,14H,3-6,10H2,1-2H3;1-5,7H,6,14H2,(H2,15,17)(H2,16,18). The van der Waals surface area contributed by atoms with Crippen LogP contribution in [0.2, 0.25) is 0 Å². The summed E-state index contributed by atoms with van der Waals surface area (Å²) < 4.78 is 5.88. The van der Waals surface area contributed by atoms with E-state index >= 15 is 0 Å². The molecule has 6 N–H and O–H groups in total. The number of rotatable bonds is 6. The Balaban J connectivity index is 0.000000189. The number of pyridine rings is 1. The van der Waals surface area contributed by atoms with Crippen molar-refractivity contribution in [3.63, 3.8) is 0 Å². The minimum absolute atomic E-state index is 0.140. The van der Waals surface area contributed by atoms with Gasteiger partial charge in [0.25, 0.3) is 5.91 Å². The van der Waals surface area contributed by atoms with Gasteiger partial charge in [-0.05, 0) is 66.6 Å². The Morgan fingerprint density at radius 1 is 1.00 bits per heavy atom. The molecule has 1 saturated carbocycles. The number of amides is 1. The molecule has 6 heteroatoms. The molecule has 33 heavy (non-hydrogen) atoms. The lowest BCUT2D eigenvalue weighted by Gasteiger charge is -2.11. The number of hydrogen-bond donors (Lipinski definition) is 3. The van der Waals surface area contributed by atoms with Crippen LogP contribution in [0.5, 0.6) is 0 Å². The average Bonchev–Trinajstić information content (AvgIpc) is 3.34. The van der Waals surface area contributed by atoms with E-state index in [4.69, 9.17) is 21.9 Å². The first kappa shape index (κ1) is 24.4. The molecule has 1 aliphatic rings. The Bertz CT molecular complexity index is 1090. The molecule has 3 aromatic rings. The monoisotopic (exact) mass is 446 g/mol. The molecule has 0 spiro atoms. The maximum Gasteiger partial charge on any atom is 0.252 e. The number of anilines is 1. The molecule has 0 atom stereocenters. The van der Waals surface area contributed by atoms with E-state index in [-0.39, 0.29) is 11.4 Å². The number of nitrogens with zero attached hydrogens (tertiary/aromatic N) is 1. The lowest BCUT2D eigenvalue weighted by molar-refractivity contribution is 0.0456. The average molecular weight is 447 g/mol. The van der Waals surface area contributed by atoms with Gasteiger partial charge in [-0.3, -0.25) is 4.79 Å². The van der Waals surface area contributed by atoms with E-state index in [9.17, 15) is 4.79 Å². The molecule has 1 heterocycles. The normalized spacial score (nSPS) is 13.4. The molecular weight excluding hydrogens is 412 g/mol.